The van der Waals surface area contributed by atoms with Crippen LogP contribution in [0, 0.1) is 5.92 Å². The number of carbonyl (C=O) groups excluding carboxylic acids is 2. The van der Waals surface area contributed by atoms with Crippen LogP contribution in [0.5, 0.6) is 0 Å². The van der Waals surface area contributed by atoms with Gasteiger partial charge in [-0.2, -0.15) is 0 Å². The Kier molecular flexibility index (Phi) is 6.56. The molecule has 0 fully saturated rings. The molecule has 0 saturated heterocycles. The van der Waals surface area contributed by atoms with Gasteiger partial charge in [0.05, 0.1) is 5.60 Å². The highest BCUT2D eigenvalue weighted by Crippen LogP contribution is 2.18. The monoisotopic (exact) mass is 306 g/mol. The lowest BCUT2D eigenvalue weighted by Crippen LogP contribution is -2.47. The Balaban J connectivity index is 2.53. The molecular weight excluding hydrogens is 280 g/mol. The molecule has 1 rings (SSSR count). The van der Waals surface area contributed by atoms with E-state index in [1.807, 2.05) is 32.9 Å². The molecule has 1 aromatic carbocycles. The van der Waals surface area contributed by atoms with Crippen LogP contribution in [-0.2, 0) is 16.0 Å². The molecule has 122 valence electrons. The highest BCUT2D eigenvalue weighted by Gasteiger charge is 2.28. The molecule has 0 heterocycles. The minimum Gasteiger partial charge on any atom is -0.388 e. The lowest BCUT2D eigenvalue weighted by atomic mass is 9.89. The van der Waals surface area contributed by atoms with Crippen LogP contribution in [-0.4, -0.2) is 29.1 Å². The molecule has 0 radical (unpaired) electrons. The Morgan fingerprint density at radius 2 is 1.77 bits per heavy atom. The number of nitrogens with one attached hydrogen (secondary N) is 2. The molecule has 5 nitrogen and oxygen atoms in total. The second-order valence-electron chi connectivity index (χ2n) is 5.85. The average molecular weight is 306 g/mol. The molecule has 0 saturated carbocycles. The highest BCUT2D eigenvalue weighted by molar-refractivity contribution is 6.39. The minimum atomic E-state index is -1.03. The lowest BCUT2D eigenvalue weighted by Gasteiger charge is -2.29. The minimum absolute atomic E-state index is 0.0254. The molecule has 0 unspecified atom stereocenters. The fraction of sp³-hybridized carbons (Fsp3) is 0.529. The van der Waals surface area contributed by atoms with Crippen molar-refractivity contribution in [2.45, 2.75) is 46.1 Å². The largest absolute Gasteiger partial charge is 0.388 e. The summed E-state index contributed by atoms with van der Waals surface area (Å²) in [5.74, 6) is -1.45. The van der Waals surface area contributed by atoms with E-state index in [1.54, 1.807) is 19.1 Å². The summed E-state index contributed by atoms with van der Waals surface area (Å²) in [4.78, 5) is 23.6. The first-order valence-corrected chi connectivity index (χ1v) is 7.70. The van der Waals surface area contributed by atoms with Gasteiger partial charge in [0.25, 0.3) is 0 Å². The zero-order valence-corrected chi connectivity index (χ0v) is 13.8. The SMILES string of the molecule is CCc1ccc(NC(=O)C(=O)NC[C@@](C)(O)[C@@H](C)CC)cc1. The second kappa shape index (κ2) is 7.94. The van der Waals surface area contributed by atoms with Gasteiger partial charge in [0.1, 0.15) is 0 Å². The first-order chi connectivity index (χ1) is 10.3. The maximum Gasteiger partial charge on any atom is 0.313 e. The maximum atomic E-state index is 11.8. The second-order valence-corrected chi connectivity index (χ2v) is 5.85. The van der Waals surface area contributed by atoms with Crippen LogP contribution < -0.4 is 10.6 Å². The Hall–Kier alpha value is -1.88. The molecule has 0 aromatic heterocycles. The molecule has 5 heteroatoms. The molecule has 0 aliphatic rings. The van der Waals surface area contributed by atoms with E-state index in [9.17, 15) is 14.7 Å². The van der Waals surface area contributed by atoms with Crippen molar-refractivity contribution in [1.29, 1.82) is 0 Å². The Morgan fingerprint density at radius 1 is 1.18 bits per heavy atom. The van der Waals surface area contributed by atoms with Crippen molar-refractivity contribution in [3.63, 3.8) is 0 Å². The van der Waals surface area contributed by atoms with Crippen LogP contribution in [0.3, 0.4) is 0 Å². The van der Waals surface area contributed by atoms with Gasteiger partial charge < -0.3 is 15.7 Å². The molecule has 2 amide bonds. The van der Waals surface area contributed by atoms with E-state index in [2.05, 4.69) is 10.6 Å². The van der Waals surface area contributed by atoms with Gasteiger partial charge in [0.15, 0.2) is 0 Å². The third-order valence-electron chi connectivity index (χ3n) is 4.11. The molecule has 3 N–H and O–H groups in total. The number of hydrogen-bond donors (Lipinski definition) is 3. The van der Waals surface area contributed by atoms with E-state index in [-0.39, 0.29) is 12.5 Å². The maximum absolute atomic E-state index is 11.8. The molecule has 1 aromatic rings. The first-order valence-electron chi connectivity index (χ1n) is 7.70. The summed E-state index contributed by atoms with van der Waals surface area (Å²) in [7, 11) is 0. The number of aliphatic hydroxyl groups is 1. The van der Waals surface area contributed by atoms with Gasteiger partial charge in [-0.15, -0.1) is 0 Å². The zero-order chi connectivity index (χ0) is 16.8. The molecule has 0 bridgehead atoms. The van der Waals surface area contributed by atoms with Crippen LogP contribution in [0.15, 0.2) is 24.3 Å². The summed E-state index contributed by atoms with van der Waals surface area (Å²) in [5.41, 5.74) is 0.700. The van der Waals surface area contributed by atoms with Crippen molar-refractivity contribution < 1.29 is 14.7 Å². The average Bonchev–Trinajstić information content (AvgIpc) is 2.52. The van der Waals surface area contributed by atoms with Gasteiger partial charge in [-0.25, -0.2) is 0 Å². The van der Waals surface area contributed by atoms with Crippen LogP contribution in [0.25, 0.3) is 0 Å². The Bertz CT molecular complexity index is 509. The van der Waals surface area contributed by atoms with E-state index >= 15 is 0 Å². The molecule has 22 heavy (non-hydrogen) atoms. The van der Waals surface area contributed by atoms with Gasteiger partial charge in [-0.05, 0) is 37.0 Å². The van der Waals surface area contributed by atoms with Crippen molar-refractivity contribution >= 4 is 17.5 Å². The normalized spacial score (nSPS) is 14.8. The molecular formula is C17H26N2O3. The molecule has 2 atom stereocenters. The topological polar surface area (TPSA) is 78.4 Å². The number of carbonyl (C=O) groups is 2. The third kappa shape index (κ3) is 5.15. The number of amides is 2. The van der Waals surface area contributed by atoms with Gasteiger partial charge in [-0.3, -0.25) is 9.59 Å². The van der Waals surface area contributed by atoms with Crippen molar-refractivity contribution in [2.24, 2.45) is 5.92 Å². The summed E-state index contributed by atoms with van der Waals surface area (Å²) in [6, 6.07) is 7.33. The van der Waals surface area contributed by atoms with Crippen molar-refractivity contribution in [3.8, 4) is 0 Å². The van der Waals surface area contributed by atoms with Crippen molar-refractivity contribution in [2.75, 3.05) is 11.9 Å². The number of hydrogen-bond acceptors (Lipinski definition) is 3. The Morgan fingerprint density at radius 3 is 2.27 bits per heavy atom. The lowest BCUT2D eigenvalue weighted by molar-refractivity contribution is -0.137. The number of rotatable bonds is 6. The van der Waals surface area contributed by atoms with Crippen LogP contribution >= 0.6 is 0 Å². The summed E-state index contributed by atoms with van der Waals surface area (Å²) in [6.07, 6.45) is 1.71. The quantitative estimate of drug-likeness (QED) is 0.704. The smallest absolute Gasteiger partial charge is 0.313 e. The van der Waals surface area contributed by atoms with E-state index in [0.717, 1.165) is 18.4 Å². The van der Waals surface area contributed by atoms with Crippen LogP contribution in [0.4, 0.5) is 5.69 Å². The number of benzene rings is 1. The zero-order valence-electron chi connectivity index (χ0n) is 13.8. The van der Waals surface area contributed by atoms with Gasteiger partial charge in [-0.1, -0.05) is 39.3 Å². The van der Waals surface area contributed by atoms with Gasteiger partial charge in [0, 0.05) is 12.2 Å². The van der Waals surface area contributed by atoms with Gasteiger partial charge in [0.2, 0.25) is 0 Å². The standard InChI is InChI=1S/C17H26N2O3/c1-5-12(3)17(4,22)11-18-15(20)16(21)19-14-9-7-13(6-2)8-10-14/h7-10,12,22H,5-6,11H2,1-4H3,(H,18,20)(H,19,21)/t12-,17+/m0/s1. The number of anilines is 1. The van der Waals surface area contributed by atoms with Gasteiger partial charge >= 0.3 is 11.8 Å². The Labute approximate surface area is 132 Å². The van der Waals surface area contributed by atoms with E-state index in [4.69, 9.17) is 0 Å². The highest BCUT2D eigenvalue weighted by atomic mass is 16.3. The van der Waals surface area contributed by atoms with Crippen LogP contribution in [0.2, 0.25) is 0 Å². The molecule has 0 aliphatic heterocycles. The first kappa shape index (κ1) is 18.2. The van der Waals surface area contributed by atoms with Crippen LogP contribution in [0.1, 0.15) is 39.7 Å². The summed E-state index contributed by atoms with van der Waals surface area (Å²) >= 11 is 0. The predicted octanol–water partition coefficient (Wildman–Crippen LogP) is 2.10. The predicted molar refractivity (Wildman–Crippen MR) is 87.5 cm³/mol. The summed E-state index contributed by atoms with van der Waals surface area (Å²) < 4.78 is 0. The summed E-state index contributed by atoms with van der Waals surface area (Å²) in [6.45, 7) is 7.62. The third-order valence-corrected chi connectivity index (χ3v) is 4.11. The van der Waals surface area contributed by atoms with E-state index in [1.165, 1.54) is 0 Å². The fourth-order valence-corrected chi connectivity index (χ4v) is 1.97. The molecule has 0 aliphatic carbocycles. The van der Waals surface area contributed by atoms with E-state index in [0.29, 0.717) is 5.69 Å². The van der Waals surface area contributed by atoms with E-state index < -0.39 is 17.4 Å². The summed E-state index contributed by atoms with van der Waals surface area (Å²) in [5, 5.41) is 15.2. The fourth-order valence-electron chi connectivity index (χ4n) is 1.97. The van der Waals surface area contributed by atoms with Crippen molar-refractivity contribution in [3.05, 3.63) is 29.8 Å². The number of aryl methyl sites for hydroxylation is 1. The van der Waals surface area contributed by atoms with Crippen molar-refractivity contribution in [1.82, 2.24) is 5.32 Å². The molecule has 0 spiro atoms.